The first-order valence-electron chi connectivity index (χ1n) is 15.0. The van der Waals surface area contributed by atoms with Gasteiger partial charge in [-0.05, 0) is 122 Å². The van der Waals surface area contributed by atoms with Crippen LogP contribution in [0.1, 0.15) is 83.2 Å². The predicted molar refractivity (Wildman–Crippen MR) is 164 cm³/mol. The van der Waals surface area contributed by atoms with Gasteiger partial charge in [-0.2, -0.15) is 5.10 Å². The highest BCUT2D eigenvalue weighted by Gasteiger charge is 2.59. The lowest BCUT2D eigenvalue weighted by Gasteiger charge is -2.58. The second kappa shape index (κ2) is 9.74. The molecule has 0 radical (unpaired) electrons. The SMILES string of the molecule is C[C@]12CC[C@H]3[C@@H](CC=C4C[C@@H](O)CC[C@@]43C)[C@@H]1CC[C@@H]2C1=NN(c2ccc(Br)cc2)C(c2cccc(Cl)c2)C1. The van der Waals surface area contributed by atoms with Crippen molar-refractivity contribution >= 4 is 38.9 Å². The maximum Gasteiger partial charge on any atom is 0.0828 e. The maximum absolute atomic E-state index is 10.4. The Hall–Kier alpha value is -1.62. The summed E-state index contributed by atoms with van der Waals surface area (Å²) in [4.78, 5) is 0. The van der Waals surface area contributed by atoms with E-state index in [0.29, 0.717) is 16.7 Å². The zero-order valence-electron chi connectivity index (χ0n) is 23.1. The van der Waals surface area contributed by atoms with Crippen molar-refractivity contribution < 1.29 is 5.11 Å². The molecule has 7 rings (SSSR count). The highest BCUT2D eigenvalue weighted by Crippen LogP contribution is 2.67. The Labute approximate surface area is 246 Å². The fourth-order valence-electron chi connectivity index (χ4n) is 9.74. The van der Waals surface area contributed by atoms with Gasteiger partial charge in [-0.15, -0.1) is 0 Å². The van der Waals surface area contributed by atoms with E-state index in [2.05, 4.69) is 83.3 Å². The molecule has 3 nitrogen and oxygen atoms in total. The number of halogens is 2. The third-order valence-electron chi connectivity index (χ3n) is 11.7. The summed E-state index contributed by atoms with van der Waals surface area (Å²) in [6.07, 6.45) is 12.8. The first kappa shape index (κ1) is 26.3. The van der Waals surface area contributed by atoms with Gasteiger partial charge in [0.15, 0.2) is 0 Å². The molecule has 3 fully saturated rings. The normalized spacial score (nSPS) is 39.5. The number of hydrogen-bond acceptors (Lipinski definition) is 3. The van der Waals surface area contributed by atoms with Crippen LogP contribution in [0.15, 0.2) is 69.8 Å². The quantitative estimate of drug-likeness (QED) is 0.353. The average Bonchev–Trinajstić information content (AvgIpc) is 3.51. The summed E-state index contributed by atoms with van der Waals surface area (Å²) in [5.41, 5.74) is 5.94. The van der Waals surface area contributed by atoms with E-state index in [4.69, 9.17) is 16.7 Å². The maximum atomic E-state index is 10.4. The van der Waals surface area contributed by atoms with Crippen LogP contribution in [0.5, 0.6) is 0 Å². The second-order valence-corrected chi connectivity index (χ2v) is 14.9. The molecule has 1 N–H and O–H groups in total. The van der Waals surface area contributed by atoms with E-state index in [9.17, 15) is 5.11 Å². The number of allylic oxidation sites excluding steroid dienone is 1. The average molecular weight is 608 g/mol. The molecule has 0 amide bonds. The van der Waals surface area contributed by atoms with Crippen molar-refractivity contribution in [3.8, 4) is 0 Å². The minimum Gasteiger partial charge on any atom is -0.393 e. The molecule has 5 aliphatic rings. The molecular formula is C34H40BrClN2O. The van der Waals surface area contributed by atoms with Crippen LogP contribution in [-0.4, -0.2) is 16.9 Å². The molecule has 0 aromatic heterocycles. The lowest BCUT2D eigenvalue weighted by Crippen LogP contribution is -2.51. The summed E-state index contributed by atoms with van der Waals surface area (Å²) in [6.45, 7) is 5.14. The van der Waals surface area contributed by atoms with Crippen molar-refractivity contribution in [1.82, 2.24) is 0 Å². The number of aliphatic hydroxyl groups excluding tert-OH is 1. The van der Waals surface area contributed by atoms with E-state index in [0.717, 1.165) is 58.6 Å². The molecule has 0 bridgehead atoms. The van der Waals surface area contributed by atoms with Gasteiger partial charge in [0.1, 0.15) is 0 Å². The van der Waals surface area contributed by atoms with Gasteiger partial charge in [0.2, 0.25) is 0 Å². The van der Waals surface area contributed by atoms with Crippen molar-refractivity contribution in [1.29, 1.82) is 0 Å². The van der Waals surface area contributed by atoms with E-state index in [1.54, 1.807) is 5.57 Å². The number of hydrazone groups is 1. The molecule has 1 unspecified atom stereocenters. The number of rotatable bonds is 3. The van der Waals surface area contributed by atoms with E-state index >= 15 is 0 Å². The highest BCUT2D eigenvalue weighted by molar-refractivity contribution is 9.10. The van der Waals surface area contributed by atoms with Crippen LogP contribution < -0.4 is 5.01 Å². The van der Waals surface area contributed by atoms with Crippen LogP contribution in [0, 0.1) is 34.5 Å². The minimum atomic E-state index is -0.132. The molecule has 8 atom stereocenters. The molecule has 4 aliphatic carbocycles. The standard InChI is InChI=1S/C34H40BrClN2O/c1-33-16-14-26(39)19-22(33)6-11-27-28-12-13-30(34(28,2)17-15-29(27)33)31-20-32(21-4-3-5-24(36)18-21)38(37-31)25-9-7-23(35)8-10-25/h3-10,18,26-30,32,39H,11-17,19-20H2,1-2H3/t26-,27-,28-,29-,30+,32?,33-,34-/m0/s1. The Bertz CT molecular complexity index is 1320. The van der Waals surface area contributed by atoms with Crippen molar-refractivity contribution in [3.05, 3.63) is 75.2 Å². The molecule has 5 heteroatoms. The van der Waals surface area contributed by atoms with E-state index in [1.807, 2.05) is 6.07 Å². The van der Waals surface area contributed by atoms with Crippen LogP contribution in [0.4, 0.5) is 5.69 Å². The molecule has 0 spiro atoms. The summed E-state index contributed by atoms with van der Waals surface area (Å²) in [7, 11) is 0. The van der Waals surface area contributed by atoms with Crippen molar-refractivity contribution in [3.63, 3.8) is 0 Å². The monoisotopic (exact) mass is 606 g/mol. The Morgan fingerprint density at radius 1 is 0.974 bits per heavy atom. The number of nitrogens with zero attached hydrogens (tertiary/aromatic N) is 2. The molecule has 3 saturated carbocycles. The third-order valence-corrected chi connectivity index (χ3v) is 12.5. The fraction of sp³-hybridized carbons (Fsp3) is 0.559. The van der Waals surface area contributed by atoms with E-state index in [1.165, 1.54) is 43.4 Å². The van der Waals surface area contributed by atoms with Crippen LogP contribution >= 0.6 is 27.5 Å². The molecular weight excluding hydrogens is 568 g/mol. The molecule has 2 aromatic carbocycles. The van der Waals surface area contributed by atoms with Gasteiger partial charge in [-0.1, -0.05) is 65.2 Å². The van der Waals surface area contributed by atoms with Crippen LogP contribution in [0.25, 0.3) is 0 Å². The first-order chi connectivity index (χ1) is 18.8. The summed E-state index contributed by atoms with van der Waals surface area (Å²) < 4.78 is 1.09. The van der Waals surface area contributed by atoms with Gasteiger partial charge >= 0.3 is 0 Å². The topological polar surface area (TPSA) is 35.8 Å². The number of hydrogen-bond donors (Lipinski definition) is 1. The summed E-state index contributed by atoms with van der Waals surface area (Å²) in [6, 6.07) is 17.1. The Balaban J connectivity index is 1.20. The van der Waals surface area contributed by atoms with Crippen LogP contribution in [0.2, 0.25) is 5.02 Å². The Morgan fingerprint density at radius 2 is 1.79 bits per heavy atom. The van der Waals surface area contributed by atoms with Crippen molar-refractivity contribution in [2.45, 2.75) is 83.8 Å². The summed E-state index contributed by atoms with van der Waals surface area (Å²) in [5, 5.41) is 18.9. The molecule has 1 aliphatic heterocycles. The number of benzene rings is 2. The van der Waals surface area contributed by atoms with Gasteiger partial charge < -0.3 is 5.11 Å². The largest absolute Gasteiger partial charge is 0.393 e. The lowest BCUT2D eigenvalue weighted by molar-refractivity contribution is -0.0424. The zero-order valence-corrected chi connectivity index (χ0v) is 25.5. The molecule has 1 heterocycles. The smallest absolute Gasteiger partial charge is 0.0828 e. The molecule has 39 heavy (non-hydrogen) atoms. The fourth-order valence-corrected chi connectivity index (χ4v) is 10.2. The van der Waals surface area contributed by atoms with Crippen molar-refractivity contribution in [2.24, 2.45) is 39.6 Å². The number of anilines is 1. The molecule has 0 saturated heterocycles. The Kier molecular flexibility index (Phi) is 6.57. The van der Waals surface area contributed by atoms with Gasteiger partial charge in [-0.3, -0.25) is 5.01 Å². The van der Waals surface area contributed by atoms with E-state index < -0.39 is 0 Å². The predicted octanol–water partition coefficient (Wildman–Crippen LogP) is 9.35. The third kappa shape index (κ3) is 4.27. The van der Waals surface area contributed by atoms with E-state index in [-0.39, 0.29) is 12.1 Å². The minimum absolute atomic E-state index is 0.132. The highest BCUT2D eigenvalue weighted by atomic mass is 79.9. The first-order valence-corrected chi connectivity index (χ1v) is 16.2. The second-order valence-electron chi connectivity index (χ2n) is 13.5. The lowest BCUT2D eigenvalue weighted by atomic mass is 9.47. The summed E-state index contributed by atoms with van der Waals surface area (Å²) >= 11 is 10.1. The van der Waals surface area contributed by atoms with Crippen molar-refractivity contribution in [2.75, 3.05) is 5.01 Å². The van der Waals surface area contributed by atoms with Gasteiger partial charge in [0.05, 0.1) is 17.8 Å². The molecule has 206 valence electrons. The molecule has 2 aromatic rings. The number of aliphatic hydroxyl groups is 1. The van der Waals surface area contributed by atoms with Gasteiger partial charge in [-0.25, -0.2) is 0 Å². The van der Waals surface area contributed by atoms with Gasteiger partial charge in [0, 0.05) is 27.5 Å². The van der Waals surface area contributed by atoms with Gasteiger partial charge in [0.25, 0.3) is 0 Å². The zero-order chi connectivity index (χ0) is 26.9. The number of fused-ring (bicyclic) bond motifs is 5. The van der Waals surface area contributed by atoms with Crippen LogP contribution in [0.3, 0.4) is 0 Å². The van der Waals surface area contributed by atoms with Crippen LogP contribution in [-0.2, 0) is 0 Å². The summed E-state index contributed by atoms with van der Waals surface area (Å²) in [5.74, 6) is 2.84. The Morgan fingerprint density at radius 3 is 2.59 bits per heavy atom.